The second kappa shape index (κ2) is 6.74. The molecular weight excluding hydrogens is 296 g/mol. The lowest BCUT2D eigenvalue weighted by molar-refractivity contribution is 0.0733. The Bertz CT molecular complexity index is 594. The van der Waals surface area contributed by atoms with Gasteiger partial charge in [-0.25, -0.2) is 0 Å². The molecule has 0 aromatic heterocycles. The van der Waals surface area contributed by atoms with Gasteiger partial charge in [0, 0.05) is 25.2 Å². The van der Waals surface area contributed by atoms with E-state index in [1.807, 2.05) is 0 Å². The number of hydrogen-bond acceptors (Lipinski definition) is 5. The van der Waals surface area contributed by atoms with Crippen LogP contribution >= 0.6 is 0 Å². The largest absolute Gasteiger partial charge is 0.409 e. The highest BCUT2D eigenvalue weighted by molar-refractivity contribution is 7.90. The fourth-order valence-electron chi connectivity index (χ4n) is 1.94. The number of ether oxygens (including phenoxy) is 1. The molecule has 8 nitrogen and oxygen atoms in total. The highest BCUT2D eigenvalue weighted by atomic mass is 32.2. The van der Waals surface area contributed by atoms with E-state index < -0.39 is 10.2 Å². The molecule has 9 heteroatoms. The number of nitrogens with two attached hydrogens (primary N) is 1. The van der Waals surface area contributed by atoms with Crippen LogP contribution in [0.2, 0.25) is 0 Å². The molecular formula is C12H18N4O4S. The minimum atomic E-state index is -3.56. The maximum Gasteiger partial charge on any atom is 0.301 e. The molecule has 0 spiro atoms. The first kappa shape index (κ1) is 15.5. The molecule has 1 aliphatic heterocycles. The molecule has 0 radical (unpaired) electrons. The van der Waals surface area contributed by atoms with Crippen molar-refractivity contribution in [2.75, 3.05) is 31.0 Å². The summed E-state index contributed by atoms with van der Waals surface area (Å²) in [7, 11) is -3.56. The van der Waals surface area contributed by atoms with Gasteiger partial charge in [-0.2, -0.15) is 12.7 Å². The molecule has 0 saturated carbocycles. The van der Waals surface area contributed by atoms with Gasteiger partial charge in [0.1, 0.15) is 5.84 Å². The van der Waals surface area contributed by atoms with Crippen molar-refractivity contribution in [3.63, 3.8) is 0 Å². The van der Waals surface area contributed by atoms with Gasteiger partial charge in [0.05, 0.1) is 13.2 Å². The van der Waals surface area contributed by atoms with Crippen LogP contribution in [0.4, 0.5) is 5.69 Å². The number of anilines is 1. The van der Waals surface area contributed by atoms with Gasteiger partial charge < -0.3 is 15.7 Å². The van der Waals surface area contributed by atoms with Gasteiger partial charge in [0.25, 0.3) is 0 Å². The third-order valence-corrected chi connectivity index (χ3v) is 4.56. The minimum Gasteiger partial charge on any atom is -0.409 e. The van der Waals surface area contributed by atoms with E-state index >= 15 is 0 Å². The first-order valence-electron chi connectivity index (χ1n) is 6.42. The Morgan fingerprint density at radius 1 is 1.33 bits per heavy atom. The first-order chi connectivity index (χ1) is 10.0. The van der Waals surface area contributed by atoms with Crippen molar-refractivity contribution in [3.8, 4) is 0 Å². The molecule has 1 aromatic carbocycles. The maximum absolute atomic E-state index is 12.2. The summed E-state index contributed by atoms with van der Waals surface area (Å²) in [5.74, 6) is 0.0941. The third-order valence-electron chi connectivity index (χ3n) is 3.02. The molecule has 0 aliphatic carbocycles. The zero-order valence-corrected chi connectivity index (χ0v) is 12.2. The third kappa shape index (κ3) is 4.31. The number of rotatable bonds is 5. The SMILES string of the molecule is NC(Cc1ccc(NS(=O)(=O)N2CCOCC2)cc1)=NO. The van der Waals surface area contributed by atoms with E-state index in [9.17, 15) is 8.42 Å². The summed E-state index contributed by atoms with van der Waals surface area (Å²) < 4.78 is 33.3. The molecule has 2 rings (SSSR count). The maximum atomic E-state index is 12.2. The summed E-state index contributed by atoms with van der Waals surface area (Å²) in [4.78, 5) is 0. The van der Waals surface area contributed by atoms with E-state index in [0.717, 1.165) is 5.56 Å². The van der Waals surface area contributed by atoms with Crippen LogP contribution in [-0.4, -0.2) is 50.1 Å². The minimum absolute atomic E-state index is 0.0941. The van der Waals surface area contributed by atoms with Crippen LogP contribution in [0, 0.1) is 0 Å². The Kier molecular flexibility index (Phi) is 4.99. The lowest BCUT2D eigenvalue weighted by Gasteiger charge is -2.26. The topological polar surface area (TPSA) is 117 Å². The van der Waals surface area contributed by atoms with Crippen LogP contribution in [-0.2, 0) is 21.4 Å². The number of nitrogens with zero attached hydrogens (tertiary/aromatic N) is 2. The summed E-state index contributed by atoms with van der Waals surface area (Å²) in [6.45, 7) is 1.49. The van der Waals surface area contributed by atoms with E-state index in [2.05, 4.69) is 9.88 Å². The molecule has 4 N–H and O–H groups in total. The van der Waals surface area contributed by atoms with Crippen LogP contribution in [0.15, 0.2) is 29.4 Å². The van der Waals surface area contributed by atoms with Crippen LogP contribution in [0.1, 0.15) is 5.56 Å². The Morgan fingerprint density at radius 2 is 1.95 bits per heavy atom. The zero-order chi connectivity index (χ0) is 15.3. The number of benzene rings is 1. The van der Waals surface area contributed by atoms with E-state index in [-0.39, 0.29) is 5.84 Å². The molecule has 1 aliphatic rings. The Morgan fingerprint density at radius 3 is 2.52 bits per heavy atom. The summed E-state index contributed by atoms with van der Waals surface area (Å²) in [6.07, 6.45) is 0.299. The van der Waals surface area contributed by atoms with Gasteiger partial charge in [-0.1, -0.05) is 17.3 Å². The van der Waals surface area contributed by atoms with Crippen LogP contribution < -0.4 is 10.5 Å². The molecule has 0 amide bonds. The van der Waals surface area contributed by atoms with Crippen molar-refractivity contribution in [1.29, 1.82) is 0 Å². The zero-order valence-electron chi connectivity index (χ0n) is 11.4. The lowest BCUT2D eigenvalue weighted by atomic mass is 10.1. The van der Waals surface area contributed by atoms with Gasteiger partial charge in [0.2, 0.25) is 0 Å². The molecule has 1 aromatic rings. The average molecular weight is 314 g/mol. The predicted octanol–water partition coefficient (Wildman–Crippen LogP) is -0.0356. The first-order valence-corrected chi connectivity index (χ1v) is 7.86. The lowest BCUT2D eigenvalue weighted by Crippen LogP contribution is -2.43. The van der Waals surface area contributed by atoms with Gasteiger partial charge in [-0.3, -0.25) is 4.72 Å². The van der Waals surface area contributed by atoms with E-state index in [4.69, 9.17) is 15.7 Å². The normalized spacial score (nSPS) is 17.6. The second-order valence-electron chi connectivity index (χ2n) is 4.58. The highest BCUT2D eigenvalue weighted by Crippen LogP contribution is 2.14. The predicted molar refractivity (Wildman–Crippen MR) is 78.5 cm³/mol. The smallest absolute Gasteiger partial charge is 0.301 e. The van der Waals surface area contributed by atoms with Crippen LogP contribution in [0.5, 0.6) is 0 Å². The Labute approximate surface area is 123 Å². The summed E-state index contributed by atoms with van der Waals surface area (Å²) in [5, 5.41) is 11.4. The van der Waals surface area contributed by atoms with Crippen molar-refractivity contribution >= 4 is 21.7 Å². The average Bonchev–Trinajstić information content (AvgIpc) is 2.50. The molecule has 1 saturated heterocycles. The van der Waals surface area contributed by atoms with Crippen molar-refractivity contribution in [1.82, 2.24) is 4.31 Å². The number of amidine groups is 1. The Balaban J connectivity index is 2.02. The quantitative estimate of drug-likeness (QED) is 0.305. The fraction of sp³-hybridized carbons (Fsp3) is 0.417. The summed E-state index contributed by atoms with van der Waals surface area (Å²) in [5.41, 5.74) is 6.69. The van der Waals surface area contributed by atoms with Gasteiger partial charge in [0.15, 0.2) is 0 Å². The molecule has 0 bridgehead atoms. The highest BCUT2D eigenvalue weighted by Gasteiger charge is 2.23. The van der Waals surface area contributed by atoms with Crippen molar-refractivity contribution in [2.45, 2.75) is 6.42 Å². The van der Waals surface area contributed by atoms with Crippen LogP contribution in [0.25, 0.3) is 0 Å². The molecule has 21 heavy (non-hydrogen) atoms. The van der Waals surface area contributed by atoms with Gasteiger partial charge >= 0.3 is 10.2 Å². The molecule has 116 valence electrons. The summed E-state index contributed by atoms with van der Waals surface area (Å²) >= 11 is 0. The molecule has 1 fully saturated rings. The number of hydrogen-bond donors (Lipinski definition) is 3. The van der Waals surface area contributed by atoms with Gasteiger partial charge in [-0.05, 0) is 17.7 Å². The number of nitrogens with one attached hydrogen (secondary N) is 1. The van der Waals surface area contributed by atoms with Crippen molar-refractivity contribution < 1.29 is 18.4 Å². The Hall–Kier alpha value is -1.84. The molecule has 0 atom stereocenters. The molecule has 0 unspecified atom stereocenters. The van der Waals surface area contributed by atoms with Crippen molar-refractivity contribution in [2.24, 2.45) is 10.9 Å². The van der Waals surface area contributed by atoms with E-state index in [0.29, 0.717) is 38.4 Å². The van der Waals surface area contributed by atoms with Crippen LogP contribution in [0.3, 0.4) is 0 Å². The number of morpholine rings is 1. The molecule has 1 heterocycles. The monoisotopic (exact) mass is 314 g/mol. The van der Waals surface area contributed by atoms with E-state index in [1.165, 1.54) is 4.31 Å². The second-order valence-corrected chi connectivity index (χ2v) is 6.25. The number of oxime groups is 1. The van der Waals surface area contributed by atoms with Gasteiger partial charge in [-0.15, -0.1) is 0 Å². The van der Waals surface area contributed by atoms with Crippen molar-refractivity contribution in [3.05, 3.63) is 29.8 Å². The summed E-state index contributed by atoms with van der Waals surface area (Å²) in [6, 6.07) is 6.71. The van der Waals surface area contributed by atoms with E-state index in [1.54, 1.807) is 24.3 Å². The standard InChI is InChI=1S/C12H18N4O4S/c13-12(14-17)9-10-1-3-11(4-2-10)15-21(18,19)16-5-7-20-8-6-16/h1-4,15,17H,5-9H2,(H2,13,14). The fourth-order valence-corrected chi connectivity index (χ4v) is 3.13.